The Balaban J connectivity index is 2.69. The van der Waals surface area contributed by atoms with E-state index in [9.17, 15) is 5.11 Å². The van der Waals surface area contributed by atoms with Gasteiger partial charge in [-0.2, -0.15) is 0 Å². The molecule has 0 bridgehead atoms. The lowest BCUT2D eigenvalue weighted by atomic mass is 9.90. The highest BCUT2D eigenvalue weighted by Gasteiger charge is 2.20. The highest BCUT2D eigenvalue weighted by atomic mass is 16.5. The molecule has 0 amide bonds. The highest BCUT2D eigenvalue weighted by molar-refractivity contribution is 5.47. The van der Waals surface area contributed by atoms with E-state index in [4.69, 9.17) is 4.74 Å². The van der Waals surface area contributed by atoms with Crippen LogP contribution >= 0.6 is 0 Å². The van der Waals surface area contributed by atoms with Gasteiger partial charge in [0, 0.05) is 24.3 Å². The van der Waals surface area contributed by atoms with E-state index >= 15 is 0 Å². The molecule has 0 spiro atoms. The maximum atomic E-state index is 9.78. The topological polar surface area (TPSA) is 41.5 Å². The van der Waals surface area contributed by atoms with Crippen LogP contribution in [-0.2, 0) is 0 Å². The summed E-state index contributed by atoms with van der Waals surface area (Å²) >= 11 is 0. The minimum atomic E-state index is 0.264. The number of rotatable bonds is 12. The SMILES string of the molecule is CCCCC[C@@H](Nc1ccc(OC)cc1)[C@@H](CO)CCCC. The fourth-order valence-electron chi connectivity index (χ4n) is 2.83. The summed E-state index contributed by atoms with van der Waals surface area (Å²) in [5.41, 5.74) is 1.11. The number of hydrogen-bond acceptors (Lipinski definition) is 3. The molecule has 0 heterocycles. The molecule has 22 heavy (non-hydrogen) atoms. The molecule has 0 aliphatic rings. The van der Waals surface area contributed by atoms with Crippen molar-refractivity contribution >= 4 is 5.69 Å². The maximum absolute atomic E-state index is 9.78. The molecule has 1 aromatic carbocycles. The van der Waals surface area contributed by atoms with Gasteiger partial charge in [0.05, 0.1) is 7.11 Å². The van der Waals surface area contributed by atoms with E-state index in [0.29, 0.717) is 12.0 Å². The van der Waals surface area contributed by atoms with Crippen molar-refractivity contribution in [2.75, 3.05) is 19.0 Å². The van der Waals surface area contributed by atoms with Gasteiger partial charge in [0.15, 0.2) is 0 Å². The summed E-state index contributed by atoms with van der Waals surface area (Å²) < 4.78 is 5.21. The predicted molar refractivity (Wildman–Crippen MR) is 94.6 cm³/mol. The second kappa shape index (κ2) is 11.4. The molecule has 0 fully saturated rings. The summed E-state index contributed by atoms with van der Waals surface area (Å²) in [6.07, 6.45) is 8.27. The van der Waals surface area contributed by atoms with Crippen molar-refractivity contribution in [2.45, 2.75) is 64.8 Å². The van der Waals surface area contributed by atoms with E-state index < -0.39 is 0 Å². The first kappa shape index (κ1) is 18.8. The van der Waals surface area contributed by atoms with Crippen molar-refractivity contribution in [3.8, 4) is 5.75 Å². The molecule has 2 N–H and O–H groups in total. The molecule has 3 heteroatoms. The van der Waals surface area contributed by atoms with Gasteiger partial charge < -0.3 is 15.2 Å². The third kappa shape index (κ3) is 6.69. The summed E-state index contributed by atoms with van der Waals surface area (Å²) in [5.74, 6) is 1.21. The standard InChI is InChI=1S/C19H33NO2/c1-4-6-8-10-19(16(15-21)9-7-5-2)20-17-11-13-18(22-3)14-12-17/h11-14,16,19-21H,4-10,15H2,1-3H3/t16-,19-/m1/s1. The number of benzene rings is 1. The molecule has 126 valence electrons. The van der Waals surface area contributed by atoms with Crippen LogP contribution in [0.4, 0.5) is 5.69 Å². The molecule has 1 rings (SSSR count). The lowest BCUT2D eigenvalue weighted by Gasteiger charge is -2.28. The largest absolute Gasteiger partial charge is 0.497 e. The van der Waals surface area contributed by atoms with Crippen LogP contribution in [0.5, 0.6) is 5.75 Å². The van der Waals surface area contributed by atoms with Gasteiger partial charge >= 0.3 is 0 Å². The van der Waals surface area contributed by atoms with E-state index in [2.05, 4.69) is 31.3 Å². The average Bonchev–Trinajstić information content (AvgIpc) is 2.56. The molecule has 0 aliphatic carbocycles. The molecule has 0 saturated heterocycles. The van der Waals surface area contributed by atoms with Crippen LogP contribution in [0, 0.1) is 5.92 Å². The van der Waals surface area contributed by atoms with E-state index in [1.54, 1.807) is 7.11 Å². The summed E-state index contributed by atoms with van der Waals surface area (Å²) in [5, 5.41) is 13.4. The number of nitrogens with one attached hydrogen (secondary N) is 1. The summed E-state index contributed by atoms with van der Waals surface area (Å²) in [7, 11) is 1.68. The van der Waals surface area contributed by atoms with Crippen LogP contribution in [0.25, 0.3) is 0 Å². The van der Waals surface area contributed by atoms with E-state index in [1.165, 1.54) is 32.1 Å². The van der Waals surface area contributed by atoms with Gasteiger partial charge in [0.25, 0.3) is 0 Å². The third-order valence-electron chi connectivity index (χ3n) is 4.29. The van der Waals surface area contributed by atoms with Gasteiger partial charge in [-0.15, -0.1) is 0 Å². The molecule has 3 nitrogen and oxygen atoms in total. The zero-order valence-corrected chi connectivity index (χ0v) is 14.5. The first-order valence-electron chi connectivity index (χ1n) is 8.76. The number of unbranched alkanes of at least 4 members (excludes halogenated alkanes) is 3. The second-order valence-corrected chi connectivity index (χ2v) is 6.06. The summed E-state index contributed by atoms with van der Waals surface area (Å²) in [6.45, 7) is 4.70. The minimum Gasteiger partial charge on any atom is -0.497 e. The Kier molecular flexibility index (Phi) is 9.72. The highest BCUT2D eigenvalue weighted by Crippen LogP contribution is 2.23. The summed E-state index contributed by atoms with van der Waals surface area (Å²) in [4.78, 5) is 0. The van der Waals surface area contributed by atoms with E-state index in [1.807, 2.05) is 12.1 Å². The smallest absolute Gasteiger partial charge is 0.119 e. The first-order chi connectivity index (χ1) is 10.7. The Morgan fingerprint density at radius 1 is 1.00 bits per heavy atom. The number of aliphatic hydroxyl groups is 1. The van der Waals surface area contributed by atoms with Crippen LogP contribution < -0.4 is 10.1 Å². The molecule has 0 unspecified atom stereocenters. The van der Waals surface area contributed by atoms with Crippen molar-refractivity contribution in [1.82, 2.24) is 0 Å². The Morgan fingerprint density at radius 2 is 1.68 bits per heavy atom. The lowest BCUT2D eigenvalue weighted by Crippen LogP contribution is -2.31. The van der Waals surface area contributed by atoms with Gasteiger partial charge in [0.1, 0.15) is 5.75 Å². The van der Waals surface area contributed by atoms with Gasteiger partial charge in [-0.25, -0.2) is 0 Å². The molecular weight excluding hydrogens is 274 g/mol. The minimum absolute atomic E-state index is 0.264. The number of anilines is 1. The quantitative estimate of drug-likeness (QED) is 0.542. The number of ether oxygens (including phenoxy) is 1. The van der Waals surface area contributed by atoms with Crippen molar-refractivity contribution in [3.05, 3.63) is 24.3 Å². The predicted octanol–water partition coefficient (Wildman–Crippen LogP) is 4.85. The number of hydrogen-bond donors (Lipinski definition) is 2. The zero-order valence-electron chi connectivity index (χ0n) is 14.5. The normalized spacial score (nSPS) is 13.6. The fraction of sp³-hybridized carbons (Fsp3) is 0.684. The van der Waals surface area contributed by atoms with Gasteiger partial charge in [-0.1, -0.05) is 46.0 Å². The molecule has 1 aromatic rings. The molecule has 0 radical (unpaired) electrons. The fourth-order valence-corrected chi connectivity index (χ4v) is 2.83. The number of methoxy groups -OCH3 is 1. The Bertz CT molecular complexity index is 378. The van der Waals surface area contributed by atoms with Crippen LogP contribution in [0.2, 0.25) is 0 Å². The second-order valence-electron chi connectivity index (χ2n) is 6.06. The lowest BCUT2D eigenvalue weighted by molar-refractivity contribution is 0.194. The molecule has 2 atom stereocenters. The molecule has 0 aliphatic heterocycles. The van der Waals surface area contributed by atoms with Gasteiger partial charge in [-0.3, -0.25) is 0 Å². The average molecular weight is 307 g/mol. The maximum Gasteiger partial charge on any atom is 0.119 e. The van der Waals surface area contributed by atoms with Crippen LogP contribution in [-0.4, -0.2) is 24.9 Å². The van der Waals surface area contributed by atoms with Crippen LogP contribution in [0.1, 0.15) is 58.8 Å². The third-order valence-corrected chi connectivity index (χ3v) is 4.29. The van der Waals surface area contributed by atoms with Crippen LogP contribution in [0.15, 0.2) is 24.3 Å². The zero-order chi connectivity index (χ0) is 16.2. The first-order valence-corrected chi connectivity index (χ1v) is 8.76. The Morgan fingerprint density at radius 3 is 2.23 bits per heavy atom. The number of aliphatic hydroxyl groups excluding tert-OH is 1. The monoisotopic (exact) mass is 307 g/mol. The van der Waals surface area contributed by atoms with E-state index in [-0.39, 0.29) is 6.61 Å². The Hall–Kier alpha value is -1.22. The Labute approximate surface area is 136 Å². The van der Waals surface area contributed by atoms with Gasteiger partial charge in [0.2, 0.25) is 0 Å². The van der Waals surface area contributed by atoms with Crippen molar-refractivity contribution < 1.29 is 9.84 Å². The van der Waals surface area contributed by atoms with Crippen LogP contribution in [0.3, 0.4) is 0 Å². The van der Waals surface area contributed by atoms with Gasteiger partial charge in [-0.05, 0) is 37.1 Å². The van der Waals surface area contributed by atoms with Crippen molar-refractivity contribution in [3.63, 3.8) is 0 Å². The molecular formula is C19H33NO2. The van der Waals surface area contributed by atoms with Crippen molar-refractivity contribution in [2.24, 2.45) is 5.92 Å². The van der Waals surface area contributed by atoms with E-state index in [0.717, 1.165) is 24.3 Å². The molecule has 0 saturated carbocycles. The molecule has 0 aromatic heterocycles. The summed E-state index contributed by atoms with van der Waals surface area (Å²) in [6, 6.07) is 8.41. The van der Waals surface area contributed by atoms with Crippen molar-refractivity contribution in [1.29, 1.82) is 0 Å².